The van der Waals surface area contributed by atoms with Crippen molar-refractivity contribution >= 4 is 0 Å². The standard InChI is InChI=1S/C6H14O3.C4H10O3.C4H10O/c1-7-3-5-9-6-4-8-2;5-1-3-7-4-2-6;1-3-5-4-2/h3-6H2,1-2H3;5-6H,1-4H2;3-4H2,1-2H3. The molecule has 0 aromatic carbocycles. The maximum absolute atomic E-state index is 8.09. The van der Waals surface area contributed by atoms with E-state index in [-0.39, 0.29) is 13.2 Å². The number of rotatable bonds is 12. The predicted octanol–water partition coefficient (Wildman–Crippen LogP) is 0.326. The van der Waals surface area contributed by atoms with Crippen LogP contribution in [0.4, 0.5) is 0 Å². The average molecular weight is 314 g/mol. The monoisotopic (exact) mass is 314 g/mol. The van der Waals surface area contributed by atoms with Crippen molar-refractivity contribution in [2.24, 2.45) is 0 Å². The quantitative estimate of drug-likeness (QED) is 0.502. The van der Waals surface area contributed by atoms with Crippen LogP contribution >= 0.6 is 0 Å². The third kappa shape index (κ3) is 45.1. The zero-order valence-electron chi connectivity index (χ0n) is 14.0. The van der Waals surface area contributed by atoms with Crippen LogP contribution in [0.5, 0.6) is 0 Å². The first kappa shape index (κ1) is 25.7. The minimum atomic E-state index is 0.0278. The van der Waals surface area contributed by atoms with Gasteiger partial charge in [-0.2, -0.15) is 0 Å². The van der Waals surface area contributed by atoms with E-state index < -0.39 is 0 Å². The molecule has 21 heavy (non-hydrogen) atoms. The van der Waals surface area contributed by atoms with E-state index in [1.807, 2.05) is 13.8 Å². The fourth-order valence-electron chi connectivity index (χ4n) is 0.822. The van der Waals surface area contributed by atoms with Gasteiger partial charge in [-0.05, 0) is 13.8 Å². The number of methoxy groups -OCH3 is 2. The minimum Gasteiger partial charge on any atom is -0.394 e. The first-order valence-electron chi connectivity index (χ1n) is 7.17. The maximum atomic E-state index is 8.09. The summed E-state index contributed by atoms with van der Waals surface area (Å²) < 4.78 is 24.0. The Hall–Kier alpha value is -0.280. The Bertz CT molecular complexity index is 124. The van der Waals surface area contributed by atoms with E-state index in [2.05, 4.69) is 4.74 Å². The summed E-state index contributed by atoms with van der Waals surface area (Å²) in [6.45, 7) is 8.98. The SMILES string of the molecule is CCOCC.COCCOCCOC.OCCOCCO. The second kappa shape index (κ2) is 31.9. The van der Waals surface area contributed by atoms with E-state index >= 15 is 0 Å². The lowest BCUT2D eigenvalue weighted by Gasteiger charge is -2.00. The van der Waals surface area contributed by atoms with E-state index in [4.69, 9.17) is 29.2 Å². The fraction of sp³-hybridized carbons (Fsp3) is 1.00. The highest BCUT2D eigenvalue weighted by atomic mass is 16.5. The molecule has 7 nitrogen and oxygen atoms in total. The number of hydrogen-bond donors (Lipinski definition) is 2. The molecule has 0 rings (SSSR count). The van der Waals surface area contributed by atoms with Crippen LogP contribution in [0, 0.1) is 0 Å². The van der Waals surface area contributed by atoms with Crippen molar-refractivity contribution in [1.29, 1.82) is 0 Å². The molecule has 0 aliphatic carbocycles. The van der Waals surface area contributed by atoms with Crippen molar-refractivity contribution in [2.45, 2.75) is 13.8 Å². The maximum Gasteiger partial charge on any atom is 0.0701 e. The third-order valence-electron chi connectivity index (χ3n) is 1.74. The van der Waals surface area contributed by atoms with Crippen LogP contribution in [0.15, 0.2) is 0 Å². The largest absolute Gasteiger partial charge is 0.394 e. The molecule has 0 aliphatic rings. The molecule has 0 radical (unpaired) electrons. The Morgan fingerprint density at radius 3 is 1.19 bits per heavy atom. The van der Waals surface area contributed by atoms with Crippen molar-refractivity contribution in [1.82, 2.24) is 0 Å². The Kier molecular flexibility index (Phi) is 39.0. The lowest BCUT2D eigenvalue weighted by molar-refractivity contribution is 0.0385. The summed E-state index contributed by atoms with van der Waals surface area (Å²) >= 11 is 0. The normalized spacial score (nSPS) is 9.43. The third-order valence-corrected chi connectivity index (χ3v) is 1.74. The molecule has 0 aliphatic heterocycles. The topological polar surface area (TPSA) is 86.6 Å². The van der Waals surface area contributed by atoms with Gasteiger partial charge in [-0.3, -0.25) is 0 Å². The summed E-state index contributed by atoms with van der Waals surface area (Å²) in [5.74, 6) is 0. The summed E-state index contributed by atoms with van der Waals surface area (Å²) in [6, 6.07) is 0. The number of ether oxygens (including phenoxy) is 5. The molecule has 0 atom stereocenters. The van der Waals surface area contributed by atoms with E-state index in [0.717, 1.165) is 13.2 Å². The highest BCUT2D eigenvalue weighted by molar-refractivity contribution is 4.28. The minimum absolute atomic E-state index is 0.0278. The van der Waals surface area contributed by atoms with Crippen LogP contribution < -0.4 is 0 Å². The van der Waals surface area contributed by atoms with Crippen molar-refractivity contribution in [2.75, 3.05) is 80.3 Å². The van der Waals surface area contributed by atoms with Crippen LogP contribution in [-0.4, -0.2) is 90.5 Å². The highest BCUT2D eigenvalue weighted by Gasteiger charge is 1.84. The first-order valence-corrected chi connectivity index (χ1v) is 7.17. The number of aliphatic hydroxyl groups excluding tert-OH is 2. The molecule has 0 saturated heterocycles. The van der Waals surface area contributed by atoms with Gasteiger partial charge >= 0.3 is 0 Å². The second-order valence-corrected chi connectivity index (χ2v) is 3.44. The van der Waals surface area contributed by atoms with Gasteiger partial charge in [0.25, 0.3) is 0 Å². The highest BCUT2D eigenvalue weighted by Crippen LogP contribution is 1.75. The van der Waals surface area contributed by atoms with Gasteiger partial charge in [0.05, 0.1) is 52.9 Å². The molecule has 0 amide bonds. The predicted molar refractivity (Wildman–Crippen MR) is 81.7 cm³/mol. The Morgan fingerprint density at radius 2 is 0.952 bits per heavy atom. The summed E-state index contributed by atoms with van der Waals surface area (Å²) in [6.07, 6.45) is 0. The van der Waals surface area contributed by atoms with Crippen LogP contribution in [0.25, 0.3) is 0 Å². The summed E-state index contributed by atoms with van der Waals surface area (Å²) in [5, 5.41) is 16.2. The van der Waals surface area contributed by atoms with E-state index in [0.29, 0.717) is 39.6 Å². The average Bonchev–Trinajstić information content (AvgIpc) is 2.50. The van der Waals surface area contributed by atoms with E-state index in [9.17, 15) is 0 Å². The molecular formula is C14H34O7. The van der Waals surface area contributed by atoms with Crippen LogP contribution in [-0.2, 0) is 23.7 Å². The Labute approximate surface area is 129 Å². The molecular weight excluding hydrogens is 280 g/mol. The fourth-order valence-corrected chi connectivity index (χ4v) is 0.822. The molecule has 0 spiro atoms. The zero-order chi connectivity index (χ0) is 16.6. The van der Waals surface area contributed by atoms with E-state index in [1.54, 1.807) is 14.2 Å². The van der Waals surface area contributed by atoms with Crippen LogP contribution in [0.2, 0.25) is 0 Å². The van der Waals surface area contributed by atoms with Gasteiger partial charge in [0, 0.05) is 27.4 Å². The molecule has 132 valence electrons. The van der Waals surface area contributed by atoms with Crippen molar-refractivity contribution < 1.29 is 33.9 Å². The lowest BCUT2D eigenvalue weighted by Crippen LogP contribution is -2.06. The number of aliphatic hydroxyl groups is 2. The van der Waals surface area contributed by atoms with Crippen LogP contribution in [0.3, 0.4) is 0 Å². The lowest BCUT2D eigenvalue weighted by atomic mass is 10.7. The Balaban J connectivity index is -0.000000242. The summed E-state index contributed by atoms with van der Waals surface area (Å²) in [4.78, 5) is 0. The zero-order valence-corrected chi connectivity index (χ0v) is 14.0. The summed E-state index contributed by atoms with van der Waals surface area (Å²) in [5.41, 5.74) is 0. The number of hydrogen-bond acceptors (Lipinski definition) is 7. The van der Waals surface area contributed by atoms with E-state index in [1.165, 1.54) is 0 Å². The molecule has 2 N–H and O–H groups in total. The smallest absolute Gasteiger partial charge is 0.0701 e. The van der Waals surface area contributed by atoms with Gasteiger partial charge in [-0.15, -0.1) is 0 Å². The Morgan fingerprint density at radius 1 is 0.571 bits per heavy atom. The molecule has 0 bridgehead atoms. The molecule has 0 fully saturated rings. The molecule has 0 heterocycles. The molecule has 0 saturated carbocycles. The van der Waals surface area contributed by atoms with Gasteiger partial charge in [0.1, 0.15) is 0 Å². The first-order chi connectivity index (χ1) is 10.2. The molecule has 0 aromatic rings. The molecule has 0 unspecified atom stereocenters. The van der Waals surface area contributed by atoms with Gasteiger partial charge in [-0.25, -0.2) is 0 Å². The van der Waals surface area contributed by atoms with Gasteiger partial charge < -0.3 is 33.9 Å². The van der Waals surface area contributed by atoms with Crippen molar-refractivity contribution in [3.8, 4) is 0 Å². The van der Waals surface area contributed by atoms with Crippen molar-refractivity contribution in [3.63, 3.8) is 0 Å². The molecule has 0 aromatic heterocycles. The molecule has 7 heteroatoms. The summed E-state index contributed by atoms with van der Waals surface area (Å²) in [7, 11) is 3.30. The van der Waals surface area contributed by atoms with Gasteiger partial charge in [0.2, 0.25) is 0 Å². The van der Waals surface area contributed by atoms with Gasteiger partial charge in [-0.1, -0.05) is 0 Å². The van der Waals surface area contributed by atoms with Gasteiger partial charge in [0.15, 0.2) is 0 Å². The van der Waals surface area contributed by atoms with Crippen molar-refractivity contribution in [3.05, 3.63) is 0 Å². The second-order valence-electron chi connectivity index (χ2n) is 3.44. The van der Waals surface area contributed by atoms with Crippen LogP contribution in [0.1, 0.15) is 13.8 Å².